The molecule has 0 saturated heterocycles. The molecule has 0 radical (unpaired) electrons. The van der Waals surface area contributed by atoms with E-state index in [2.05, 4.69) is 37.9 Å². The Kier molecular flexibility index (Phi) is 5.22. The van der Waals surface area contributed by atoms with Crippen LogP contribution in [0.3, 0.4) is 0 Å². The summed E-state index contributed by atoms with van der Waals surface area (Å²) in [4.78, 5) is 16.4. The molecule has 0 amide bonds. The van der Waals surface area contributed by atoms with Crippen molar-refractivity contribution in [1.29, 1.82) is 0 Å². The lowest BCUT2D eigenvalue weighted by Gasteiger charge is -2.27. The summed E-state index contributed by atoms with van der Waals surface area (Å²) < 4.78 is 5.73. The predicted octanol–water partition coefficient (Wildman–Crippen LogP) is 5.65. The molecule has 1 aliphatic rings. The highest BCUT2D eigenvalue weighted by Crippen LogP contribution is 2.38. The molecule has 0 N–H and O–H groups in total. The van der Waals surface area contributed by atoms with E-state index in [0.717, 1.165) is 5.56 Å². The van der Waals surface area contributed by atoms with Gasteiger partial charge in [0.25, 0.3) is 0 Å². The third kappa shape index (κ3) is 4.28. The van der Waals surface area contributed by atoms with Crippen LogP contribution in [0.1, 0.15) is 80.3 Å². The summed E-state index contributed by atoms with van der Waals surface area (Å²) in [6.45, 7) is 6.49. The molecule has 0 bridgehead atoms. The van der Waals surface area contributed by atoms with Crippen LogP contribution in [0.2, 0.25) is 0 Å². The minimum absolute atomic E-state index is 0.0848. The Morgan fingerprint density at radius 2 is 1.72 bits per heavy atom. The number of pyridine rings is 1. The summed E-state index contributed by atoms with van der Waals surface area (Å²) in [5.41, 5.74) is 2.91. The Labute approximate surface area is 150 Å². The zero-order chi connectivity index (χ0) is 17.9. The SMILES string of the molecule is CC(C)(C)c1cc(C2CCCCC2)ccc1OC(=O)c1ccncc1. The van der Waals surface area contributed by atoms with Crippen molar-refractivity contribution in [1.82, 2.24) is 4.98 Å². The number of benzene rings is 1. The van der Waals surface area contributed by atoms with Gasteiger partial charge in [-0.3, -0.25) is 4.98 Å². The first-order valence-corrected chi connectivity index (χ1v) is 9.22. The lowest BCUT2D eigenvalue weighted by molar-refractivity contribution is 0.0731. The summed E-state index contributed by atoms with van der Waals surface area (Å²) in [6, 6.07) is 9.72. The smallest absolute Gasteiger partial charge is 0.343 e. The standard InChI is InChI=1S/C22H27NO2/c1-22(2,3)19-15-18(16-7-5-4-6-8-16)9-10-20(19)25-21(24)17-11-13-23-14-12-17/h9-16H,4-8H2,1-3H3. The molecule has 1 aliphatic carbocycles. The van der Waals surface area contributed by atoms with Gasteiger partial charge in [0.2, 0.25) is 0 Å². The van der Waals surface area contributed by atoms with E-state index < -0.39 is 0 Å². The van der Waals surface area contributed by atoms with Crippen LogP contribution in [0.4, 0.5) is 0 Å². The van der Waals surface area contributed by atoms with Crippen molar-refractivity contribution < 1.29 is 9.53 Å². The van der Waals surface area contributed by atoms with Crippen molar-refractivity contribution in [3.05, 3.63) is 59.4 Å². The Balaban J connectivity index is 1.89. The second kappa shape index (κ2) is 7.38. The number of hydrogen-bond donors (Lipinski definition) is 0. The highest BCUT2D eigenvalue weighted by atomic mass is 16.5. The van der Waals surface area contributed by atoms with Crippen LogP contribution in [0, 0.1) is 0 Å². The van der Waals surface area contributed by atoms with Crippen LogP contribution < -0.4 is 4.74 Å². The van der Waals surface area contributed by atoms with Crippen molar-refractivity contribution >= 4 is 5.97 Å². The van der Waals surface area contributed by atoms with E-state index in [-0.39, 0.29) is 11.4 Å². The zero-order valence-electron chi connectivity index (χ0n) is 15.4. The molecule has 1 heterocycles. The lowest BCUT2D eigenvalue weighted by atomic mass is 9.80. The molecule has 3 nitrogen and oxygen atoms in total. The fourth-order valence-corrected chi connectivity index (χ4v) is 3.56. The number of hydrogen-bond acceptors (Lipinski definition) is 3. The van der Waals surface area contributed by atoms with Crippen molar-refractivity contribution in [3.63, 3.8) is 0 Å². The van der Waals surface area contributed by atoms with E-state index in [4.69, 9.17) is 4.74 Å². The molecule has 0 spiro atoms. The molecule has 3 heteroatoms. The highest BCUT2D eigenvalue weighted by molar-refractivity contribution is 5.91. The average Bonchev–Trinajstić information content (AvgIpc) is 2.62. The van der Waals surface area contributed by atoms with Crippen molar-refractivity contribution in [2.45, 2.75) is 64.2 Å². The van der Waals surface area contributed by atoms with Crippen molar-refractivity contribution in [2.24, 2.45) is 0 Å². The maximum atomic E-state index is 12.4. The zero-order valence-corrected chi connectivity index (χ0v) is 15.4. The Morgan fingerprint density at radius 3 is 2.36 bits per heavy atom. The van der Waals surface area contributed by atoms with Gasteiger partial charge in [-0.05, 0) is 47.9 Å². The molecule has 25 heavy (non-hydrogen) atoms. The molecule has 3 rings (SSSR count). The minimum atomic E-state index is -0.335. The van der Waals surface area contributed by atoms with Crippen molar-refractivity contribution in [3.8, 4) is 5.75 Å². The van der Waals surface area contributed by atoms with Gasteiger partial charge in [-0.2, -0.15) is 0 Å². The van der Waals surface area contributed by atoms with Crippen LogP contribution >= 0.6 is 0 Å². The fraction of sp³-hybridized carbons (Fsp3) is 0.455. The summed E-state index contributed by atoms with van der Waals surface area (Å²) in [6.07, 6.45) is 9.72. The van der Waals surface area contributed by atoms with Gasteiger partial charge in [-0.1, -0.05) is 52.2 Å². The van der Waals surface area contributed by atoms with E-state index in [1.807, 2.05) is 6.07 Å². The third-order valence-corrected chi connectivity index (χ3v) is 5.01. The summed E-state index contributed by atoms with van der Waals surface area (Å²) in [7, 11) is 0. The van der Waals surface area contributed by atoms with Gasteiger partial charge < -0.3 is 4.74 Å². The van der Waals surface area contributed by atoms with Gasteiger partial charge in [0, 0.05) is 18.0 Å². The largest absolute Gasteiger partial charge is 0.423 e. The first-order chi connectivity index (χ1) is 11.9. The number of rotatable bonds is 3. The van der Waals surface area contributed by atoms with Crippen molar-refractivity contribution in [2.75, 3.05) is 0 Å². The number of nitrogens with zero attached hydrogens (tertiary/aromatic N) is 1. The van der Waals surface area contributed by atoms with E-state index >= 15 is 0 Å². The molecule has 2 aromatic rings. The molecule has 0 atom stereocenters. The molecule has 132 valence electrons. The molecule has 0 unspecified atom stereocenters. The van der Waals surface area contributed by atoms with Crippen LogP contribution in [0.5, 0.6) is 5.75 Å². The molecule has 1 fully saturated rings. The Hall–Kier alpha value is -2.16. The van der Waals surface area contributed by atoms with Crippen LogP contribution in [0.25, 0.3) is 0 Å². The molecular weight excluding hydrogens is 310 g/mol. The van der Waals surface area contributed by atoms with Gasteiger partial charge >= 0.3 is 5.97 Å². The minimum Gasteiger partial charge on any atom is -0.423 e. The maximum Gasteiger partial charge on any atom is 0.343 e. The molecule has 1 saturated carbocycles. The first kappa shape index (κ1) is 17.7. The fourth-order valence-electron chi connectivity index (χ4n) is 3.56. The van der Waals surface area contributed by atoms with Crippen LogP contribution in [-0.2, 0) is 5.41 Å². The monoisotopic (exact) mass is 337 g/mol. The number of esters is 1. The number of carbonyl (C=O) groups is 1. The van der Waals surface area contributed by atoms with Gasteiger partial charge in [0.15, 0.2) is 0 Å². The van der Waals surface area contributed by atoms with Gasteiger partial charge in [-0.25, -0.2) is 4.79 Å². The molecule has 1 aromatic heterocycles. The van der Waals surface area contributed by atoms with E-state index in [9.17, 15) is 4.79 Å². The second-order valence-electron chi connectivity index (χ2n) is 7.97. The third-order valence-electron chi connectivity index (χ3n) is 5.01. The summed E-state index contributed by atoms with van der Waals surface area (Å²) >= 11 is 0. The van der Waals surface area contributed by atoms with Crippen LogP contribution in [-0.4, -0.2) is 11.0 Å². The first-order valence-electron chi connectivity index (χ1n) is 9.22. The van der Waals surface area contributed by atoms with Gasteiger partial charge in [-0.15, -0.1) is 0 Å². The number of aromatic nitrogens is 1. The lowest BCUT2D eigenvalue weighted by Crippen LogP contribution is -2.17. The van der Waals surface area contributed by atoms with E-state index in [0.29, 0.717) is 17.2 Å². The van der Waals surface area contributed by atoms with Crippen LogP contribution in [0.15, 0.2) is 42.7 Å². The second-order valence-corrected chi connectivity index (χ2v) is 7.97. The topological polar surface area (TPSA) is 39.2 Å². The molecule has 1 aromatic carbocycles. The quantitative estimate of drug-likeness (QED) is 0.537. The predicted molar refractivity (Wildman–Crippen MR) is 100 cm³/mol. The van der Waals surface area contributed by atoms with Gasteiger partial charge in [0.05, 0.1) is 5.56 Å². The summed E-state index contributed by atoms with van der Waals surface area (Å²) in [5.74, 6) is 0.965. The summed E-state index contributed by atoms with van der Waals surface area (Å²) in [5, 5.41) is 0. The normalized spacial score (nSPS) is 15.8. The highest BCUT2D eigenvalue weighted by Gasteiger charge is 2.24. The Morgan fingerprint density at radius 1 is 1.04 bits per heavy atom. The average molecular weight is 337 g/mol. The van der Waals surface area contributed by atoms with E-state index in [1.165, 1.54) is 37.7 Å². The molecule has 0 aliphatic heterocycles. The Bertz CT molecular complexity index is 725. The van der Waals surface area contributed by atoms with E-state index in [1.54, 1.807) is 24.5 Å². The maximum absolute atomic E-state index is 12.4. The number of ether oxygens (including phenoxy) is 1. The van der Waals surface area contributed by atoms with Gasteiger partial charge in [0.1, 0.15) is 5.75 Å². The number of carbonyl (C=O) groups excluding carboxylic acids is 1. The molecular formula is C22H27NO2.